The smallest absolute Gasteiger partial charge is 0.407 e. The molecule has 86 valence electrons. The molecule has 0 aliphatic heterocycles. The standard InChI is InChI=1S/C11H15N3O2/c1-16-11(15)14-8-3-6-2-7(12)4-10(13)9(6)5-8/h2,4,8H,3,5,12-13H2,1H3,(H,14,15). The van der Waals surface area contributed by atoms with Gasteiger partial charge in [0.05, 0.1) is 7.11 Å². The van der Waals surface area contributed by atoms with Gasteiger partial charge in [-0.2, -0.15) is 0 Å². The molecule has 0 fully saturated rings. The van der Waals surface area contributed by atoms with Crippen molar-refractivity contribution in [2.24, 2.45) is 0 Å². The maximum Gasteiger partial charge on any atom is 0.407 e. The van der Waals surface area contributed by atoms with Crippen LogP contribution in [0.3, 0.4) is 0 Å². The first-order valence-corrected chi connectivity index (χ1v) is 5.11. The second-order valence-corrected chi connectivity index (χ2v) is 3.99. The molecule has 0 aromatic heterocycles. The molecule has 5 heteroatoms. The van der Waals surface area contributed by atoms with E-state index in [1.807, 2.05) is 6.07 Å². The Balaban J connectivity index is 2.15. The van der Waals surface area contributed by atoms with Crippen molar-refractivity contribution in [3.05, 3.63) is 23.3 Å². The van der Waals surface area contributed by atoms with Gasteiger partial charge in [-0.05, 0) is 36.1 Å². The van der Waals surface area contributed by atoms with E-state index in [2.05, 4.69) is 10.1 Å². The number of benzene rings is 1. The van der Waals surface area contributed by atoms with E-state index < -0.39 is 6.09 Å². The third-order valence-electron chi connectivity index (χ3n) is 2.82. The Morgan fingerprint density at radius 3 is 2.88 bits per heavy atom. The second-order valence-electron chi connectivity index (χ2n) is 3.99. The Labute approximate surface area is 93.8 Å². The van der Waals surface area contributed by atoms with Gasteiger partial charge in [0.2, 0.25) is 0 Å². The van der Waals surface area contributed by atoms with Crippen LogP contribution in [0, 0.1) is 0 Å². The summed E-state index contributed by atoms with van der Waals surface area (Å²) in [6, 6.07) is 3.70. The van der Waals surface area contributed by atoms with Crippen LogP contribution in [0.15, 0.2) is 12.1 Å². The molecule has 0 saturated heterocycles. The molecule has 0 spiro atoms. The summed E-state index contributed by atoms with van der Waals surface area (Å²) in [4.78, 5) is 11.1. The molecule has 1 aromatic rings. The van der Waals surface area contributed by atoms with E-state index in [-0.39, 0.29) is 6.04 Å². The number of alkyl carbamates (subject to hydrolysis) is 1. The monoisotopic (exact) mass is 221 g/mol. The van der Waals surface area contributed by atoms with Gasteiger partial charge in [-0.15, -0.1) is 0 Å². The van der Waals surface area contributed by atoms with Crippen molar-refractivity contribution in [2.45, 2.75) is 18.9 Å². The van der Waals surface area contributed by atoms with Crippen LogP contribution in [-0.2, 0) is 17.6 Å². The van der Waals surface area contributed by atoms with Gasteiger partial charge in [0.15, 0.2) is 0 Å². The zero-order chi connectivity index (χ0) is 11.7. The number of methoxy groups -OCH3 is 1. The van der Waals surface area contributed by atoms with Crippen LogP contribution in [-0.4, -0.2) is 19.2 Å². The number of hydrogen-bond donors (Lipinski definition) is 3. The first-order chi connectivity index (χ1) is 7.60. The quantitative estimate of drug-likeness (QED) is 0.608. The molecule has 16 heavy (non-hydrogen) atoms. The van der Waals surface area contributed by atoms with Crippen molar-refractivity contribution in [1.29, 1.82) is 0 Å². The third kappa shape index (κ3) is 1.88. The number of nitrogens with two attached hydrogens (primary N) is 2. The van der Waals surface area contributed by atoms with Gasteiger partial charge in [-0.1, -0.05) is 0 Å². The molecule has 5 nitrogen and oxygen atoms in total. The zero-order valence-corrected chi connectivity index (χ0v) is 9.12. The van der Waals surface area contributed by atoms with Gasteiger partial charge in [-0.25, -0.2) is 4.79 Å². The van der Waals surface area contributed by atoms with Crippen LogP contribution in [0.4, 0.5) is 16.2 Å². The largest absolute Gasteiger partial charge is 0.453 e. The average molecular weight is 221 g/mol. The van der Waals surface area contributed by atoms with E-state index in [1.54, 1.807) is 6.07 Å². The van der Waals surface area contributed by atoms with Crippen molar-refractivity contribution in [3.8, 4) is 0 Å². The number of hydrogen-bond acceptors (Lipinski definition) is 4. The maximum absolute atomic E-state index is 11.1. The summed E-state index contributed by atoms with van der Waals surface area (Å²) >= 11 is 0. The SMILES string of the molecule is COC(=O)NC1Cc2cc(N)cc(N)c2C1. The van der Waals surface area contributed by atoms with Crippen LogP contribution in [0.1, 0.15) is 11.1 Å². The predicted molar refractivity (Wildman–Crippen MR) is 62.0 cm³/mol. The summed E-state index contributed by atoms with van der Waals surface area (Å²) in [6.07, 6.45) is 1.07. The number of carbonyl (C=O) groups is 1. The number of anilines is 2. The Kier molecular flexibility index (Phi) is 2.60. The maximum atomic E-state index is 11.1. The fourth-order valence-corrected chi connectivity index (χ4v) is 2.12. The number of fused-ring (bicyclic) bond motifs is 1. The molecule has 2 rings (SSSR count). The van der Waals surface area contributed by atoms with Crippen molar-refractivity contribution >= 4 is 17.5 Å². The molecule has 0 bridgehead atoms. The first-order valence-electron chi connectivity index (χ1n) is 5.11. The minimum absolute atomic E-state index is 0.0477. The summed E-state index contributed by atoms with van der Waals surface area (Å²) in [5, 5.41) is 2.76. The zero-order valence-electron chi connectivity index (χ0n) is 9.12. The Bertz CT molecular complexity index is 431. The molecule has 1 atom stereocenters. The van der Waals surface area contributed by atoms with Crippen LogP contribution >= 0.6 is 0 Å². The first kappa shape index (κ1) is 10.6. The molecule has 0 radical (unpaired) electrons. The highest BCUT2D eigenvalue weighted by Gasteiger charge is 2.25. The number of rotatable bonds is 1. The van der Waals surface area contributed by atoms with Crippen LogP contribution < -0.4 is 16.8 Å². The third-order valence-corrected chi connectivity index (χ3v) is 2.82. The van der Waals surface area contributed by atoms with Gasteiger partial charge >= 0.3 is 6.09 Å². The molecule has 0 saturated carbocycles. The normalized spacial score (nSPS) is 17.9. The van der Waals surface area contributed by atoms with E-state index >= 15 is 0 Å². The number of nitrogens with one attached hydrogen (secondary N) is 1. The number of nitrogen functional groups attached to an aromatic ring is 2. The summed E-state index contributed by atoms with van der Waals surface area (Å²) in [5.74, 6) is 0. The van der Waals surface area contributed by atoms with E-state index in [0.717, 1.165) is 24.0 Å². The Hall–Kier alpha value is -1.91. The van der Waals surface area contributed by atoms with Crippen LogP contribution in [0.5, 0.6) is 0 Å². The summed E-state index contributed by atoms with van der Waals surface area (Å²) < 4.78 is 4.56. The molecule has 5 N–H and O–H groups in total. The summed E-state index contributed by atoms with van der Waals surface area (Å²) in [5.41, 5.74) is 15.1. The summed E-state index contributed by atoms with van der Waals surface area (Å²) in [7, 11) is 1.35. The molecular formula is C11H15N3O2. The Morgan fingerprint density at radius 1 is 1.44 bits per heavy atom. The minimum Gasteiger partial charge on any atom is -0.453 e. The van der Waals surface area contributed by atoms with Crippen molar-refractivity contribution < 1.29 is 9.53 Å². The van der Waals surface area contributed by atoms with Crippen LogP contribution in [0.2, 0.25) is 0 Å². The molecule has 0 heterocycles. The number of carbonyl (C=O) groups excluding carboxylic acids is 1. The molecule has 1 amide bonds. The minimum atomic E-state index is -0.413. The van der Waals surface area contributed by atoms with Gasteiger partial charge in [0, 0.05) is 17.4 Å². The molecule has 1 aliphatic rings. The van der Waals surface area contributed by atoms with E-state index in [0.29, 0.717) is 11.4 Å². The number of ether oxygens (including phenoxy) is 1. The lowest BCUT2D eigenvalue weighted by Crippen LogP contribution is -2.35. The lowest BCUT2D eigenvalue weighted by atomic mass is 10.1. The van der Waals surface area contributed by atoms with Crippen LogP contribution in [0.25, 0.3) is 0 Å². The summed E-state index contributed by atoms with van der Waals surface area (Å²) in [6.45, 7) is 0. The highest BCUT2D eigenvalue weighted by molar-refractivity contribution is 5.69. The molecule has 1 aliphatic carbocycles. The topological polar surface area (TPSA) is 90.4 Å². The van der Waals surface area contributed by atoms with Gasteiger partial charge in [-0.3, -0.25) is 0 Å². The molecule has 1 unspecified atom stereocenters. The van der Waals surface area contributed by atoms with Crippen molar-refractivity contribution in [2.75, 3.05) is 18.6 Å². The van der Waals surface area contributed by atoms with E-state index in [1.165, 1.54) is 7.11 Å². The fraction of sp³-hybridized carbons (Fsp3) is 0.364. The lowest BCUT2D eigenvalue weighted by Gasteiger charge is -2.10. The second kappa shape index (κ2) is 3.92. The molecule has 1 aromatic carbocycles. The number of amides is 1. The van der Waals surface area contributed by atoms with E-state index in [9.17, 15) is 4.79 Å². The fourth-order valence-electron chi connectivity index (χ4n) is 2.12. The average Bonchev–Trinajstić information content (AvgIpc) is 2.60. The Morgan fingerprint density at radius 2 is 2.19 bits per heavy atom. The highest BCUT2D eigenvalue weighted by atomic mass is 16.5. The lowest BCUT2D eigenvalue weighted by molar-refractivity contribution is 0.167. The van der Waals surface area contributed by atoms with Crippen molar-refractivity contribution in [3.63, 3.8) is 0 Å². The van der Waals surface area contributed by atoms with Gasteiger partial charge in [0.25, 0.3) is 0 Å². The highest BCUT2D eigenvalue weighted by Crippen LogP contribution is 2.29. The van der Waals surface area contributed by atoms with E-state index in [4.69, 9.17) is 11.5 Å². The molecular weight excluding hydrogens is 206 g/mol. The van der Waals surface area contributed by atoms with Crippen molar-refractivity contribution in [1.82, 2.24) is 5.32 Å². The van der Waals surface area contributed by atoms with Gasteiger partial charge in [0.1, 0.15) is 0 Å². The van der Waals surface area contributed by atoms with Gasteiger partial charge < -0.3 is 21.5 Å². The predicted octanol–water partition coefficient (Wildman–Crippen LogP) is 0.674.